The molecule has 1 aliphatic rings. The highest BCUT2D eigenvalue weighted by Crippen LogP contribution is 2.36. The summed E-state index contributed by atoms with van der Waals surface area (Å²) in [6.45, 7) is 5.13. The molecule has 0 saturated carbocycles. The van der Waals surface area contributed by atoms with E-state index in [1.165, 1.54) is 49.8 Å². The molecule has 1 aromatic heterocycles. The summed E-state index contributed by atoms with van der Waals surface area (Å²) in [4.78, 5) is 4.12. The minimum atomic E-state index is 0.550. The molecule has 0 bridgehead atoms. The fourth-order valence-corrected chi connectivity index (χ4v) is 3.70. The molecule has 2 aromatic rings. The second kappa shape index (κ2) is 10.2. The number of hydrogen-bond donors (Lipinski definition) is 1. The number of nitrogens with one attached hydrogen (secondary N) is 1. The van der Waals surface area contributed by atoms with E-state index in [1.807, 2.05) is 18.7 Å². The lowest BCUT2D eigenvalue weighted by Gasteiger charge is -2.12. The van der Waals surface area contributed by atoms with Gasteiger partial charge in [-0.1, -0.05) is 45.4 Å². The SMILES string of the molecule is CCCCCCCCCOc1ccc2c(c1)C(CCn1ccnc1)CN2. The van der Waals surface area contributed by atoms with Crippen LogP contribution in [0.5, 0.6) is 5.75 Å². The van der Waals surface area contributed by atoms with Crippen molar-refractivity contribution in [2.24, 2.45) is 0 Å². The third-order valence-corrected chi connectivity index (χ3v) is 5.31. The van der Waals surface area contributed by atoms with Crippen LogP contribution in [0.2, 0.25) is 0 Å². The molecule has 0 spiro atoms. The van der Waals surface area contributed by atoms with Crippen molar-refractivity contribution in [1.29, 1.82) is 0 Å². The minimum Gasteiger partial charge on any atom is -0.494 e. The molecule has 2 heterocycles. The largest absolute Gasteiger partial charge is 0.494 e. The molecule has 4 heteroatoms. The standard InChI is InChI=1S/C22H33N3O/c1-2-3-4-5-6-7-8-15-26-20-9-10-22-21(16-20)19(17-24-22)11-13-25-14-12-23-18-25/h9-10,12,14,16,18-19,24H,2-8,11,13,15,17H2,1H3. The van der Waals surface area contributed by atoms with E-state index in [9.17, 15) is 0 Å². The molecule has 1 aliphatic heterocycles. The zero-order chi connectivity index (χ0) is 18.0. The van der Waals surface area contributed by atoms with Gasteiger partial charge >= 0.3 is 0 Å². The Morgan fingerprint density at radius 3 is 2.81 bits per heavy atom. The number of benzene rings is 1. The van der Waals surface area contributed by atoms with Gasteiger partial charge in [-0.25, -0.2) is 4.98 Å². The van der Waals surface area contributed by atoms with Crippen molar-refractivity contribution in [3.05, 3.63) is 42.5 Å². The summed E-state index contributed by atoms with van der Waals surface area (Å²) in [5.41, 5.74) is 2.67. The van der Waals surface area contributed by atoms with Crippen LogP contribution in [0.15, 0.2) is 36.9 Å². The van der Waals surface area contributed by atoms with E-state index in [4.69, 9.17) is 4.74 Å². The number of anilines is 1. The first-order valence-corrected chi connectivity index (χ1v) is 10.3. The van der Waals surface area contributed by atoms with E-state index in [-0.39, 0.29) is 0 Å². The molecule has 1 aromatic carbocycles. The zero-order valence-electron chi connectivity index (χ0n) is 16.1. The fourth-order valence-electron chi connectivity index (χ4n) is 3.70. The van der Waals surface area contributed by atoms with Crippen molar-refractivity contribution >= 4 is 5.69 Å². The number of unbranched alkanes of at least 4 members (excludes halogenated alkanes) is 6. The average Bonchev–Trinajstić information content (AvgIpc) is 3.31. The van der Waals surface area contributed by atoms with Crippen molar-refractivity contribution in [3.8, 4) is 5.75 Å². The summed E-state index contributed by atoms with van der Waals surface area (Å²) < 4.78 is 8.17. The van der Waals surface area contributed by atoms with Crippen LogP contribution in [0.1, 0.15) is 69.8 Å². The van der Waals surface area contributed by atoms with Gasteiger partial charge in [-0.15, -0.1) is 0 Å². The van der Waals surface area contributed by atoms with Crippen LogP contribution in [0.25, 0.3) is 0 Å². The summed E-state index contributed by atoms with van der Waals surface area (Å²) in [5.74, 6) is 1.57. The summed E-state index contributed by atoms with van der Waals surface area (Å²) >= 11 is 0. The quantitative estimate of drug-likeness (QED) is 0.503. The predicted octanol–water partition coefficient (Wildman–Crippen LogP) is 5.61. The molecule has 142 valence electrons. The van der Waals surface area contributed by atoms with Gasteiger partial charge < -0.3 is 14.6 Å². The van der Waals surface area contributed by atoms with Crippen molar-refractivity contribution < 1.29 is 4.74 Å². The van der Waals surface area contributed by atoms with Crippen LogP contribution in [0.4, 0.5) is 5.69 Å². The molecular formula is C22H33N3O. The molecule has 0 radical (unpaired) electrons. The number of aryl methyl sites for hydroxylation is 1. The Morgan fingerprint density at radius 2 is 2.00 bits per heavy atom. The Balaban J connectivity index is 1.40. The van der Waals surface area contributed by atoms with Gasteiger partial charge in [0, 0.05) is 37.1 Å². The van der Waals surface area contributed by atoms with Crippen molar-refractivity contribution in [1.82, 2.24) is 9.55 Å². The van der Waals surface area contributed by atoms with E-state index in [1.54, 1.807) is 0 Å². The van der Waals surface area contributed by atoms with Gasteiger partial charge in [0.1, 0.15) is 5.75 Å². The molecule has 0 saturated heterocycles. The van der Waals surface area contributed by atoms with E-state index < -0.39 is 0 Å². The third-order valence-electron chi connectivity index (χ3n) is 5.31. The molecule has 4 nitrogen and oxygen atoms in total. The lowest BCUT2D eigenvalue weighted by atomic mass is 9.97. The van der Waals surface area contributed by atoms with Gasteiger partial charge in [0.15, 0.2) is 0 Å². The van der Waals surface area contributed by atoms with Gasteiger partial charge in [-0.2, -0.15) is 0 Å². The Kier molecular flexibility index (Phi) is 7.41. The maximum Gasteiger partial charge on any atom is 0.119 e. The highest BCUT2D eigenvalue weighted by Gasteiger charge is 2.22. The van der Waals surface area contributed by atoms with Crippen molar-refractivity contribution in [3.63, 3.8) is 0 Å². The summed E-state index contributed by atoms with van der Waals surface area (Å²) in [5, 5.41) is 3.53. The number of nitrogens with zero attached hydrogens (tertiary/aromatic N) is 2. The maximum atomic E-state index is 6.01. The van der Waals surface area contributed by atoms with Crippen LogP contribution < -0.4 is 10.1 Å². The Morgan fingerprint density at radius 1 is 1.15 bits per heavy atom. The van der Waals surface area contributed by atoms with E-state index in [0.717, 1.165) is 38.3 Å². The second-order valence-electron chi connectivity index (χ2n) is 7.39. The number of imidazole rings is 1. The number of fused-ring (bicyclic) bond motifs is 1. The minimum absolute atomic E-state index is 0.550. The van der Waals surface area contributed by atoms with Gasteiger partial charge in [-0.3, -0.25) is 0 Å². The second-order valence-corrected chi connectivity index (χ2v) is 7.39. The molecule has 1 N–H and O–H groups in total. The molecule has 1 unspecified atom stereocenters. The van der Waals surface area contributed by atoms with Gasteiger partial charge in [0.05, 0.1) is 12.9 Å². The third kappa shape index (κ3) is 5.52. The van der Waals surface area contributed by atoms with Crippen LogP contribution in [-0.4, -0.2) is 22.7 Å². The van der Waals surface area contributed by atoms with Crippen molar-refractivity contribution in [2.75, 3.05) is 18.5 Å². The van der Waals surface area contributed by atoms with Crippen molar-refractivity contribution in [2.45, 2.75) is 70.8 Å². The Labute approximate surface area is 158 Å². The van der Waals surface area contributed by atoms with Crippen LogP contribution in [0, 0.1) is 0 Å². The lowest BCUT2D eigenvalue weighted by Crippen LogP contribution is -2.06. The molecule has 26 heavy (non-hydrogen) atoms. The fraction of sp³-hybridized carbons (Fsp3) is 0.591. The highest BCUT2D eigenvalue weighted by molar-refractivity contribution is 5.60. The Bertz CT molecular complexity index is 639. The van der Waals surface area contributed by atoms with Crippen LogP contribution >= 0.6 is 0 Å². The smallest absolute Gasteiger partial charge is 0.119 e. The topological polar surface area (TPSA) is 39.1 Å². The van der Waals surface area contributed by atoms with Crippen LogP contribution in [0.3, 0.4) is 0 Å². The van der Waals surface area contributed by atoms with Gasteiger partial charge in [-0.05, 0) is 36.6 Å². The first kappa shape index (κ1) is 18.8. The van der Waals surface area contributed by atoms with Crippen LogP contribution in [-0.2, 0) is 6.54 Å². The first-order chi connectivity index (χ1) is 12.9. The first-order valence-electron chi connectivity index (χ1n) is 10.3. The molecule has 0 fully saturated rings. The number of hydrogen-bond acceptors (Lipinski definition) is 3. The normalized spacial score (nSPS) is 15.7. The number of aromatic nitrogens is 2. The highest BCUT2D eigenvalue weighted by atomic mass is 16.5. The lowest BCUT2D eigenvalue weighted by molar-refractivity contribution is 0.304. The van der Waals surface area contributed by atoms with E-state index in [0.29, 0.717) is 5.92 Å². The van der Waals surface area contributed by atoms with Gasteiger partial charge in [0.25, 0.3) is 0 Å². The molecule has 0 aliphatic carbocycles. The molecule has 1 atom stereocenters. The van der Waals surface area contributed by atoms with E-state index >= 15 is 0 Å². The predicted molar refractivity (Wildman–Crippen MR) is 108 cm³/mol. The maximum absolute atomic E-state index is 6.01. The monoisotopic (exact) mass is 355 g/mol. The molecule has 3 rings (SSSR count). The summed E-state index contributed by atoms with van der Waals surface area (Å²) in [6.07, 6.45) is 16.1. The summed E-state index contributed by atoms with van der Waals surface area (Å²) in [6, 6.07) is 6.52. The molecule has 0 amide bonds. The summed E-state index contributed by atoms with van der Waals surface area (Å²) in [7, 11) is 0. The average molecular weight is 356 g/mol. The van der Waals surface area contributed by atoms with E-state index in [2.05, 4.69) is 40.0 Å². The molecular weight excluding hydrogens is 322 g/mol. The number of rotatable bonds is 12. The number of ether oxygens (including phenoxy) is 1. The Hall–Kier alpha value is -1.97. The van der Waals surface area contributed by atoms with Gasteiger partial charge in [0.2, 0.25) is 0 Å². The zero-order valence-corrected chi connectivity index (χ0v) is 16.1.